The second kappa shape index (κ2) is 36.5. The summed E-state index contributed by atoms with van der Waals surface area (Å²) in [5.41, 5.74) is 0. The number of carbonyl (C=O) groups is 1. The number of aliphatic carboxylic acids is 1. The molecule has 0 spiro atoms. The van der Waals surface area contributed by atoms with Crippen molar-refractivity contribution in [3.8, 4) is 0 Å². The minimum absolute atomic E-state index is 0.195. The molecule has 0 aromatic carbocycles. The van der Waals surface area contributed by atoms with E-state index in [1.165, 1.54) is 148 Å². The lowest BCUT2D eigenvalue weighted by atomic mass is 10.0. The van der Waals surface area contributed by atoms with Gasteiger partial charge in [0.1, 0.15) is 0 Å². The zero-order valence-electron chi connectivity index (χ0n) is 24.5. The molecule has 0 aromatic rings. The Kier molecular flexibility index (Phi) is 38.1. The van der Waals surface area contributed by atoms with E-state index in [2.05, 4.69) is 6.92 Å². The summed E-state index contributed by atoms with van der Waals surface area (Å²) in [5, 5.41) is 24.8. The van der Waals surface area contributed by atoms with Crippen LogP contribution in [0, 0.1) is 0 Å². The Balaban J connectivity index is 0. The Morgan fingerprint density at radius 1 is 0.389 bits per heavy atom. The van der Waals surface area contributed by atoms with Crippen molar-refractivity contribution < 1.29 is 20.1 Å². The average Bonchev–Trinajstić information content (AvgIpc) is 2.87. The van der Waals surface area contributed by atoms with Crippen LogP contribution in [-0.4, -0.2) is 34.5 Å². The van der Waals surface area contributed by atoms with Crippen LogP contribution in [0.1, 0.15) is 187 Å². The second-order valence-electron chi connectivity index (χ2n) is 10.8. The van der Waals surface area contributed by atoms with Gasteiger partial charge in [-0.15, -0.1) is 0 Å². The van der Waals surface area contributed by atoms with Gasteiger partial charge in [-0.25, -0.2) is 0 Å². The van der Waals surface area contributed by atoms with Gasteiger partial charge >= 0.3 is 5.97 Å². The predicted octanol–water partition coefficient (Wildman–Crippen LogP) is 9.98. The summed E-state index contributed by atoms with van der Waals surface area (Å²) < 4.78 is 0. The summed E-state index contributed by atoms with van der Waals surface area (Å²) in [6, 6.07) is 0. The zero-order chi connectivity index (χ0) is 26.8. The van der Waals surface area contributed by atoms with Crippen LogP contribution in [0.15, 0.2) is 0 Å². The molecule has 218 valence electrons. The lowest BCUT2D eigenvalue weighted by Gasteiger charge is -2.04. The van der Waals surface area contributed by atoms with E-state index in [9.17, 15) is 4.79 Å². The van der Waals surface area contributed by atoms with Crippen LogP contribution in [0.4, 0.5) is 0 Å². The van der Waals surface area contributed by atoms with Crippen molar-refractivity contribution in [2.75, 3.05) is 13.2 Å². The second-order valence-corrected chi connectivity index (χ2v) is 10.8. The van der Waals surface area contributed by atoms with Crippen LogP contribution in [0.5, 0.6) is 0 Å². The fourth-order valence-electron chi connectivity index (χ4n) is 4.64. The minimum atomic E-state index is -0.649. The minimum Gasteiger partial charge on any atom is -0.481 e. The number of carboxylic acids is 1. The molecule has 0 aliphatic carbocycles. The molecule has 0 fully saturated rings. The molecule has 36 heavy (non-hydrogen) atoms. The number of hydrogen-bond donors (Lipinski definition) is 3. The van der Waals surface area contributed by atoms with Crippen molar-refractivity contribution >= 4 is 5.97 Å². The first-order valence-corrected chi connectivity index (χ1v) is 16.1. The van der Waals surface area contributed by atoms with Gasteiger partial charge in [0, 0.05) is 19.6 Å². The molecule has 0 radical (unpaired) electrons. The van der Waals surface area contributed by atoms with Crippen molar-refractivity contribution in [1.82, 2.24) is 0 Å². The van der Waals surface area contributed by atoms with E-state index in [0.717, 1.165) is 25.7 Å². The van der Waals surface area contributed by atoms with E-state index in [-0.39, 0.29) is 13.2 Å². The number of aliphatic hydroxyl groups is 2. The fourth-order valence-corrected chi connectivity index (χ4v) is 4.64. The van der Waals surface area contributed by atoms with Crippen LogP contribution < -0.4 is 0 Å². The third kappa shape index (κ3) is 40.6. The monoisotopic (exact) mass is 514 g/mol. The summed E-state index contributed by atoms with van der Waals surface area (Å²) in [6.07, 6.45) is 36.4. The lowest BCUT2D eigenvalue weighted by molar-refractivity contribution is -0.137. The number of unbranched alkanes of at least 4 members (excludes halogenated alkanes) is 25. The molecule has 0 saturated carbocycles. The van der Waals surface area contributed by atoms with E-state index in [0.29, 0.717) is 6.42 Å². The zero-order valence-corrected chi connectivity index (χ0v) is 24.5. The van der Waals surface area contributed by atoms with Crippen LogP contribution in [0.25, 0.3) is 0 Å². The van der Waals surface area contributed by atoms with Gasteiger partial charge in [-0.05, 0) is 19.3 Å². The molecular weight excluding hydrogens is 448 g/mol. The summed E-state index contributed by atoms with van der Waals surface area (Å²) in [7, 11) is 0. The number of aliphatic hydroxyl groups excluding tert-OH is 2. The van der Waals surface area contributed by atoms with Gasteiger partial charge in [0.15, 0.2) is 0 Å². The molecule has 0 amide bonds. The van der Waals surface area contributed by atoms with Gasteiger partial charge in [0.05, 0.1) is 0 Å². The van der Waals surface area contributed by atoms with Gasteiger partial charge < -0.3 is 15.3 Å². The van der Waals surface area contributed by atoms with Crippen LogP contribution >= 0.6 is 0 Å². The molecule has 4 nitrogen and oxygen atoms in total. The first-order valence-electron chi connectivity index (χ1n) is 16.1. The molecule has 0 aromatic heterocycles. The third-order valence-electron chi connectivity index (χ3n) is 7.06. The summed E-state index contributed by atoms with van der Waals surface area (Å²) in [4.78, 5) is 10.4. The number of carboxylic acid groups (broad SMARTS) is 1. The maximum absolute atomic E-state index is 10.4. The molecule has 0 bridgehead atoms. The molecule has 0 saturated heterocycles. The maximum Gasteiger partial charge on any atom is 0.303 e. The highest BCUT2D eigenvalue weighted by Crippen LogP contribution is 2.15. The highest BCUT2D eigenvalue weighted by atomic mass is 16.4. The Hall–Kier alpha value is -0.610. The molecule has 4 heteroatoms. The van der Waals surface area contributed by atoms with E-state index in [1.807, 2.05) is 0 Å². The molecule has 0 aliphatic rings. The number of hydrogen-bond acceptors (Lipinski definition) is 3. The molecule has 0 rings (SSSR count). The van der Waals surface area contributed by atoms with Gasteiger partial charge in [-0.2, -0.15) is 0 Å². The Morgan fingerprint density at radius 2 is 0.611 bits per heavy atom. The van der Waals surface area contributed by atoms with Crippen LogP contribution in [0.2, 0.25) is 0 Å². The Morgan fingerprint density at radius 3 is 0.806 bits per heavy atom. The van der Waals surface area contributed by atoms with Crippen molar-refractivity contribution in [2.45, 2.75) is 187 Å². The first kappa shape index (κ1) is 37.5. The van der Waals surface area contributed by atoms with Crippen molar-refractivity contribution in [3.63, 3.8) is 0 Å². The highest BCUT2D eigenvalue weighted by molar-refractivity contribution is 5.66. The van der Waals surface area contributed by atoms with Crippen molar-refractivity contribution in [2.24, 2.45) is 0 Å². The van der Waals surface area contributed by atoms with E-state index >= 15 is 0 Å². The van der Waals surface area contributed by atoms with Crippen LogP contribution in [-0.2, 0) is 4.79 Å². The van der Waals surface area contributed by atoms with Gasteiger partial charge in [0.2, 0.25) is 0 Å². The molecule has 0 atom stereocenters. The largest absolute Gasteiger partial charge is 0.481 e. The van der Waals surface area contributed by atoms with Crippen molar-refractivity contribution in [3.05, 3.63) is 0 Å². The maximum atomic E-state index is 10.4. The standard InChI is InChI=1S/C28H56O2.C4H10O2/c1-2-3-4-5-6-7-8-9-10-11-12-13-14-15-16-17-18-19-20-21-22-23-24-25-26-27-28(29)30;5-3-1-2-4-6/h2-27H2,1H3,(H,29,30);5-6H,1-4H2. The molecule has 0 unspecified atom stereocenters. The van der Waals surface area contributed by atoms with E-state index in [4.69, 9.17) is 15.3 Å². The Labute approximate surface area is 226 Å². The predicted molar refractivity (Wildman–Crippen MR) is 157 cm³/mol. The topological polar surface area (TPSA) is 77.8 Å². The van der Waals surface area contributed by atoms with Gasteiger partial charge in [0.25, 0.3) is 0 Å². The van der Waals surface area contributed by atoms with Gasteiger partial charge in [-0.1, -0.05) is 161 Å². The Bertz CT molecular complexity index is 382. The first-order chi connectivity index (χ1) is 17.7. The smallest absolute Gasteiger partial charge is 0.303 e. The van der Waals surface area contributed by atoms with Crippen LogP contribution in [0.3, 0.4) is 0 Å². The summed E-state index contributed by atoms with van der Waals surface area (Å²) in [6.45, 7) is 2.68. The fraction of sp³-hybridized carbons (Fsp3) is 0.969. The lowest BCUT2D eigenvalue weighted by Crippen LogP contribution is -1.93. The molecular formula is C32H66O4. The summed E-state index contributed by atoms with van der Waals surface area (Å²) >= 11 is 0. The molecule has 0 heterocycles. The molecule has 0 aliphatic heterocycles. The average molecular weight is 515 g/mol. The third-order valence-corrected chi connectivity index (χ3v) is 7.06. The van der Waals surface area contributed by atoms with E-state index < -0.39 is 5.97 Å². The van der Waals surface area contributed by atoms with Crippen molar-refractivity contribution in [1.29, 1.82) is 0 Å². The molecule has 3 N–H and O–H groups in total. The number of rotatable bonds is 29. The SMILES string of the molecule is CCCCCCCCCCCCCCCCCCCCCCCCCCCC(=O)O.OCCCCO. The van der Waals surface area contributed by atoms with Gasteiger partial charge in [-0.3, -0.25) is 4.79 Å². The van der Waals surface area contributed by atoms with E-state index in [1.54, 1.807) is 0 Å². The normalized spacial score (nSPS) is 10.9. The summed E-state index contributed by atoms with van der Waals surface area (Å²) in [5.74, 6) is -0.649. The quantitative estimate of drug-likeness (QED) is 0.0868. The highest BCUT2D eigenvalue weighted by Gasteiger charge is 1.98.